The molecule has 1 aromatic rings. The van der Waals surface area contributed by atoms with Crippen LogP contribution in [0, 0.1) is 0 Å². The number of amides is 2. The summed E-state index contributed by atoms with van der Waals surface area (Å²) in [5.41, 5.74) is 1.14. The van der Waals surface area contributed by atoms with Crippen LogP contribution in [-0.4, -0.2) is 47.2 Å². The molecule has 2 amide bonds. The van der Waals surface area contributed by atoms with Gasteiger partial charge in [-0.1, -0.05) is 31.4 Å². The van der Waals surface area contributed by atoms with Gasteiger partial charge in [-0.25, -0.2) is 9.59 Å². The number of hydrogen-bond donors (Lipinski definition) is 3. The molecule has 2 fully saturated rings. The molecule has 136 valence electrons. The molecule has 1 aromatic carbocycles. The fourth-order valence-electron chi connectivity index (χ4n) is 3.87. The number of rotatable bonds is 5. The van der Waals surface area contributed by atoms with Crippen molar-refractivity contribution in [1.82, 2.24) is 15.5 Å². The van der Waals surface area contributed by atoms with Crippen molar-refractivity contribution in [1.29, 1.82) is 0 Å². The Morgan fingerprint density at radius 3 is 2.48 bits per heavy atom. The molecule has 6 heteroatoms. The van der Waals surface area contributed by atoms with E-state index in [0.29, 0.717) is 12.6 Å². The lowest BCUT2D eigenvalue weighted by molar-refractivity contribution is 0.0697. The quantitative estimate of drug-likeness (QED) is 0.766. The summed E-state index contributed by atoms with van der Waals surface area (Å²) in [6, 6.07) is 7.33. The fraction of sp³-hybridized carbons (Fsp3) is 0.579. The topological polar surface area (TPSA) is 81.7 Å². The summed E-state index contributed by atoms with van der Waals surface area (Å²) in [5, 5.41) is 14.8. The number of carbonyl (C=O) groups is 2. The third-order valence-corrected chi connectivity index (χ3v) is 5.30. The minimum absolute atomic E-state index is 0.155. The predicted molar refractivity (Wildman–Crippen MR) is 95.6 cm³/mol. The molecule has 1 heterocycles. The summed E-state index contributed by atoms with van der Waals surface area (Å²) in [7, 11) is 0. The molecule has 0 bridgehead atoms. The van der Waals surface area contributed by atoms with Crippen molar-refractivity contribution in [2.45, 2.75) is 57.2 Å². The molecule has 1 aliphatic heterocycles. The predicted octanol–water partition coefficient (Wildman–Crippen LogP) is 2.59. The molecule has 1 saturated heterocycles. The average Bonchev–Trinajstić information content (AvgIpc) is 3.09. The van der Waals surface area contributed by atoms with Crippen LogP contribution < -0.4 is 10.6 Å². The second kappa shape index (κ2) is 8.34. The molecule has 1 saturated carbocycles. The van der Waals surface area contributed by atoms with E-state index in [4.69, 9.17) is 5.11 Å². The van der Waals surface area contributed by atoms with Gasteiger partial charge in [-0.2, -0.15) is 0 Å². The molecule has 0 radical (unpaired) electrons. The highest BCUT2D eigenvalue weighted by molar-refractivity contribution is 5.87. The Morgan fingerprint density at radius 2 is 1.80 bits per heavy atom. The van der Waals surface area contributed by atoms with Crippen LogP contribution in [0.15, 0.2) is 24.3 Å². The zero-order chi connectivity index (χ0) is 17.6. The normalized spacial score (nSPS) is 21.8. The van der Waals surface area contributed by atoms with Crippen molar-refractivity contribution in [3.63, 3.8) is 0 Å². The summed E-state index contributed by atoms with van der Waals surface area (Å²) < 4.78 is 0. The van der Waals surface area contributed by atoms with Gasteiger partial charge in [0.1, 0.15) is 0 Å². The third-order valence-electron chi connectivity index (χ3n) is 5.30. The third kappa shape index (κ3) is 4.95. The maximum atomic E-state index is 12.1. The van der Waals surface area contributed by atoms with Gasteiger partial charge in [0.05, 0.1) is 5.56 Å². The van der Waals surface area contributed by atoms with Crippen LogP contribution in [0.2, 0.25) is 0 Å². The lowest BCUT2D eigenvalue weighted by Crippen LogP contribution is -2.44. The van der Waals surface area contributed by atoms with Gasteiger partial charge in [0.25, 0.3) is 0 Å². The van der Waals surface area contributed by atoms with E-state index in [1.807, 2.05) is 0 Å². The van der Waals surface area contributed by atoms with Gasteiger partial charge in [-0.15, -0.1) is 0 Å². The minimum Gasteiger partial charge on any atom is -0.478 e. The summed E-state index contributed by atoms with van der Waals surface area (Å²) in [6.45, 7) is 2.42. The molecule has 6 nitrogen and oxygen atoms in total. The molecule has 0 spiro atoms. The highest BCUT2D eigenvalue weighted by atomic mass is 16.4. The summed E-state index contributed by atoms with van der Waals surface area (Å²) in [5.74, 6) is -0.944. The first-order chi connectivity index (χ1) is 12.1. The monoisotopic (exact) mass is 345 g/mol. The van der Waals surface area contributed by atoms with Crippen molar-refractivity contribution < 1.29 is 14.7 Å². The Kier molecular flexibility index (Phi) is 5.91. The zero-order valence-electron chi connectivity index (χ0n) is 14.5. The highest BCUT2D eigenvalue weighted by Crippen LogP contribution is 2.25. The zero-order valence-corrected chi connectivity index (χ0v) is 14.5. The molecule has 0 aromatic heterocycles. The molecule has 25 heavy (non-hydrogen) atoms. The highest BCUT2D eigenvalue weighted by Gasteiger charge is 2.29. The first-order valence-electron chi connectivity index (χ1n) is 9.22. The Balaban J connectivity index is 1.40. The molecule has 3 rings (SSSR count). The second-order valence-corrected chi connectivity index (χ2v) is 7.10. The second-order valence-electron chi connectivity index (χ2n) is 7.10. The number of aromatic carboxylic acids is 1. The Hall–Kier alpha value is -2.08. The standard InChI is InChI=1S/C19H27N3O3/c23-18(24)15-8-6-14(7-9-15)12-20-19(25)21-16-10-11-22(13-16)17-4-2-1-3-5-17/h6-9,16-17H,1-5,10-13H2,(H,23,24)(H2,20,21,25). The molecular formula is C19H27N3O3. The van der Waals surface area contributed by atoms with Crippen molar-refractivity contribution in [2.75, 3.05) is 13.1 Å². The molecule has 1 unspecified atom stereocenters. The maximum Gasteiger partial charge on any atom is 0.335 e. The van der Waals surface area contributed by atoms with Crippen LogP contribution in [-0.2, 0) is 6.54 Å². The van der Waals surface area contributed by atoms with Crippen molar-refractivity contribution in [3.05, 3.63) is 35.4 Å². The summed E-state index contributed by atoms with van der Waals surface area (Å²) in [6.07, 6.45) is 7.64. The lowest BCUT2D eigenvalue weighted by atomic mass is 9.94. The van der Waals surface area contributed by atoms with Gasteiger partial charge >= 0.3 is 12.0 Å². The van der Waals surface area contributed by atoms with Gasteiger partial charge in [0, 0.05) is 31.7 Å². The average molecular weight is 345 g/mol. The van der Waals surface area contributed by atoms with Gasteiger partial charge in [-0.05, 0) is 37.0 Å². The van der Waals surface area contributed by atoms with Crippen LogP contribution >= 0.6 is 0 Å². The van der Waals surface area contributed by atoms with E-state index in [1.165, 1.54) is 32.1 Å². The Morgan fingerprint density at radius 1 is 1.08 bits per heavy atom. The number of nitrogens with one attached hydrogen (secondary N) is 2. The molecular weight excluding hydrogens is 318 g/mol. The van der Waals surface area contributed by atoms with E-state index < -0.39 is 5.97 Å². The van der Waals surface area contributed by atoms with E-state index in [2.05, 4.69) is 15.5 Å². The lowest BCUT2D eigenvalue weighted by Gasteiger charge is -2.31. The maximum absolute atomic E-state index is 12.1. The molecule has 1 aliphatic carbocycles. The summed E-state index contributed by atoms with van der Waals surface area (Å²) in [4.78, 5) is 25.5. The van der Waals surface area contributed by atoms with Crippen LogP contribution in [0.5, 0.6) is 0 Å². The molecule has 3 N–H and O–H groups in total. The number of likely N-dealkylation sites (tertiary alicyclic amines) is 1. The summed E-state index contributed by atoms with van der Waals surface area (Å²) >= 11 is 0. The van der Waals surface area contributed by atoms with Crippen molar-refractivity contribution in [3.8, 4) is 0 Å². The number of carbonyl (C=O) groups excluding carboxylic acids is 1. The number of nitrogens with zero attached hydrogens (tertiary/aromatic N) is 1. The van der Waals surface area contributed by atoms with Crippen molar-refractivity contribution >= 4 is 12.0 Å². The van der Waals surface area contributed by atoms with Gasteiger partial charge in [-0.3, -0.25) is 4.90 Å². The van der Waals surface area contributed by atoms with Crippen LogP contribution in [0.1, 0.15) is 54.4 Å². The number of carboxylic acids is 1. The van der Waals surface area contributed by atoms with E-state index in [-0.39, 0.29) is 17.6 Å². The fourth-order valence-corrected chi connectivity index (χ4v) is 3.87. The number of urea groups is 1. The Labute approximate surface area is 148 Å². The van der Waals surface area contributed by atoms with Gasteiger partial charge < -0.3 is 15.7 Å². The van der Waals surface area contributed by atoms with Crippen LogP contribution in [0.25, 0.3) is 0 Å². The van der Waals surface area contributed by atoms with Gasteiger partial charge in [0.2, 0.25) is 0 Å². The van der Waals surface area contributed by atoms with Gasteiger partial charge in [0.15, 0.2) is 0 Å². The molecule has 1 atom stereocenters. The number of benzene rings is 1. The SMILES string of the molecule is O=C(NCc1ccc(C(=O)O)cc1)NC1CCN(C2CCCCC2)C1. The number of hydrogen-bond acceptors (Lipinski definition) is 3. The Bertz CT molecular complexity index is 596. The van der Waals surface area contributed by atoms with E-state index in [9.17, 15) is 9.59 Å². The van der Waals surface area contributed by atoms with E-state index in [0.717, 1.165) is 25.1 Å². The van der Waals surface area contributed by atoms with Crippen LogP contribution in [0.3, 0.4) is 0 Å². The largest absolute Gasteiger partial charge is 0.478 e. The van der Waals surface area contributed by atoms with Crippen LogP contribution in [0.4, 0.5) is 4.79 Å². The van der Waals surface area contributed by atoms with E-state index in [1.54, 1.807) is 24.3 Å². The van der Waals surface area contributed by atoms with Crippen molar-refractivity contribution in [2.24, 2.45) is 0 Å². The first-order valence-corrected chi connectivity index (χ1v) is 9.22. The minimum atomic E-state index is -0.944. The van der Waals surface area contributed by atoms with E-state index >= 15 is 0 Å². The smallest absolute Gasteiger partial charge is 0.335 e. The number of carboxylic acid groups (broad SMARTS) is 1. The molecule has 2 aliphatic rings. The first kappa shape index (κ1) is 17.7.